The minimum absolute atomic E-state index is 0.282. The van der Waals surface area contributed by atoms with E-state index in [1.807, 2.05) is 0 Å². The third kappa shape index (κ3) is 2.56. The van der Waals surface area contributed by atoms with Gasteiger partial charge in [-0.1, -0.05) is 0 Å². The first-order valence-electron chi connectivity index (χ1n) is 2.15. The van der Waals surface area contributed by atoms with Gasteiger partial charge in [0.1, 0.15) is 0 Å². The third-order valence-corrected chi connectivity index (χ3v) is 0.766. The van der Waals surface area contributed by atoms with Crippen LogP contribution in [0.4, 0.5) is 0 Å². The fraction of sp³-hybridized carbons (Fsp3) is 0.750. The Morgan fingerprint density at radius 2 is 2.14 bits per heavy atom. The Labute approximate surface area is 43.3 Å². The quantitative estimate of drug-likeness (QED) is 0.397. The Hall–Kier alpha value is -0.120. The van der Waals surface area contributed by atoms with Crippen LogP contribution in [0, 0.1) is 6.92 Å². The van der Waals surface area contributed by atoms with Crippen LogP contribution in [-0.4, -0.2) is 23.8 Å². The summed E-state index contributed by atoms with van der Waals surface area (Å²) in [6.07, 6.45) is -0.731. The van der Waals surface area contributed by atoms with Gasteiger partial charge in [-0.3, -0.25) is 0 Å². The van der Waals surface area contributed by atoms with Crippen molar-refractivity contribution in [3.05, 3.63) is 6.92 Å². The lowest BCUT2D eigenvalue weighted by atomic mass is 10.2. The summed E-state index contributed by atoms with van der Waals surface area (Å²) < 4.78 is 0. The second-order valence-corrected chi connectivity index (χ2v) is 1.47. The third-order valence-electron chi connectivity index (χ3n) is 0.766. The van der Waals surface area contributed by atoms with E-state index in [1.54, 1.807) is 0 Å². The molecule has 3 nitrogen and oxygen atoms in total. The molecule has 0 aliphatic carbocycles. The van der Waals surface area contributed by atoms with Crippen molar-refractivity contribution in [3.63, 3.8) is 0 Å². The van der Waals surface area contributed by atoms with Crippen LogP contribution >= 0.6 is 0 Å². The molecule has 0 saturated heterocycles. The molecule has 1 radical (unpaired) electrons. The largest absolute Gasteiger partial charge is 0.391 e. The molecule has 0 aromatic heterocycles. The Morgan fingerprint density at radius 1 is 1.71 bits per heavy atom. The number of nitrogens with two attached hydrogens (primary N) is 2. The predicted octanol–water partition coefficient (Wildman–Crippen LogP) is -1.53. The lowest BCUT2D eigenvalue weighted by molar-refractivity contribution is 0.191. The Kier molecular flexibility index (Phi) is 2.91. The molecule has 0 aromatic carbocycles. The average molecular weight is 103 g/mol. The summed E-state index contributed by atoms with van der Waals surface area (Å²) in [7, 11) is 0. The molecule has 0 spiro atoms. The molecular formula is C4H11N2O. The fourth-order valence-corrected chi connectivity index (χ4v) is 0.157. The van der Waals surface area contributed by atoms with E-state index in [0.717, 1.165) is 0 Å². The summed E-state index contributed by atoms with van der Waals surface area (Å²) >= 11 is 0. The van der Waals surface area contributed by atoms with E-state index in [-0.39, 0.29) is 12.6 Å². The highest BCUT2D eigenvalue weighted by Gasteiger charge is 2.04. The van der Waals surface area contributed by atoms with Crippen LogP contribution in [0.25, 0.3) is 0 Å². The van der Waals surface area contributed by atoms with Gasteiger partial charge in [0.15, 0.2) is 0 Å². The van der Waals surface area contributed by atoms with Crippen LogP contribution < -0.4 is 11.5 Å². The molecule has 0 rings (SSSR count). The summed E-state index contributed by atoms with van der Waals surface area (Å²) in [4.78, 5) is 0. The first-order chi connectivity index (χ1) is 3.18. The zero-order valence-corrected chi connectivity index (χ0v) is 4.17. The van der Waals surface area contributed by atoms with Gasteiger partial charge in [-0.05, 0) is 6.92 Å². The lowest BCUT2D eigenvalue weighted by Gasteiger charge is -2.09. The minimum atomic E-state index is -0.731. The van der Waals surface area contributed by atoms with Crippen LogP contribution in [0.3, 0.4) is 0 Å². The Bertz CT molecular complexity index is 47.0. The highest BCUT2D eigenvalue weighted by Crippen LogP contribution is 1.81. The summed E-state index contributed by atoms with van der Waals surface area (Å²) in [5.41, 5.74) is 10.2. The molecule has 0 aromatic rings. The predicted molar refractivity (Wildman–Crippen MR) is 28.4 cm³/mol. The molecule has 2 atom stereocenters. The molecule has 0 amide bonds. The van der Waals surface area contributed by atoms with Gasteiger partial charge < -0.3 is 16.6 Å². The van der Waals surface area contributed by atoms with Gasteiger partial charge in [-0.15, -0.1) is 0 Å². The van der Waals surface area contributed by atoms with Crippen molar-refractivity contribution < 1.29 is 5.11 Å². The van der Waals surface area contributed by atoms with E-state index >= 15 is 0 Å². The van der Waals surface area contributed by atoms with Gasteiger partial charge >= 0.3 is 0 Å². The summed E-state index contributed by atoms with van der Waals surface area (Å²) in [6, 6.07) is -0.375. The van der Waals surface area contributed by atoms with Gasteiger partial charge in [0.25, 0.3) is 0 Å². The normalized spacial score (nSPS) is 18.9. The highest BCUT2D eigenvalue weighted by atomic mass is 16.3. The Balaban J connectivity index is 3.14. The second kappa shape index (κ2) is 2.96. The van der Waals surface area contributed by atoms with Crippen molar-refractivity contribution >= 4 is 0 Å². The van der Waals surface area contributed by atoms with E-state index < -0.39 is 6.10 Å². The maximum atomic E-state index is 8.50. The fourth-order valence-electron chi connectivity index (χ4n) is 0.157. The number of hydrogen-bond acceptors (Lipinski definition) is 3. The first kappa shape index (κ1) is 6.88. The van der Waals surface area contributed by atoms with Gasteiger partial charge in [0, 0.05) is 12.6 Å². The van der Waals surface area contributed by atoms with E-state index in [9.17, 15) is 0 Å². The average Bonchev–Trinajstić information content (AvgIpc) is 1.65. The molecule has 0 heterocycles. The number of aliphatic hydroxyl groups is 1. The molecule has 0 aliphatic rings. The van der Waals surface area contributed by atoms with Gasteiger partial charge in [0.05, 0.1) is 6.10 Å². The topological polar surface area (TPSA) is 72.3 Å². The summed E-state index contributed by atoms with van der Waals surface area (Å²) in [6.45, 7) is 3.54. The highest BCUT2D eigenvalue weighted by molar-refractivity contribution is 4.72. The van der Waals surface area contributed by atoms with Crippen molar-refractivity contribution in [3.8, 4) is 0 Å². The minimum Gasteiger partial charge on any atom is -0.391 e. The standard InChI is InChI=1S/C4H11N2O/c1-3(7)4(6)2-5/h3-4,7H,1-2,5-6H2. The Morgan fingerprint density at radius 3 is 2.14 bits per heavy atom. The van der Waals surface area contributed by atoms with E-state index in [4.69, 9.17) is 16.6 Å². The van der Waals surface area contributed by atoms with E-state index in [2.05, 4.69) is 6.92 Å². The molecule has 43 valence electrons. The van der Waals surface area contributed by atoms with Crippen LogP contribution in [0.2, 0.25) is 0 Å². The number of aliphatic hydroxyl groups excluding tert-OH is 1. The van der Waals surface area contributed by atoms with E-state index in [1.165, 1.54) is 0 Å². The summed E-state index contributed by atoms with van der Waals surface area (Å²) in [5, 5.41) is 8.50. The van der Waals surface area contributed by atoms with Gasteiger partial charge in [0.2, 0.25) is 0 Å². The SMILES string of the molecule is [CH2]C(O)C(N)CN. The zero-order valence-electron chi connectivity index (χ0n) is 4.17. The molecule has 0 saturated carbocycles. The van der Waals surface area contributed by atoms with Crippen molar-refractivity contribution in [2.45, 2.75) is 12.1 Å². The van der Waals surface area contributed by atoms with Crippen LogP contribution in [0.5, 0.6) is 0 Å². The molecule has 0 fully saturated rings. The maximum Gasteiger partial charge on any atom is 0.0704 e. The van der Waals surface area contributed by atoms with Gasteiger partial charge in [-0.2, -0.15) is 0 Å². The van der Waals surface area contributed by atoms with Crippen molar-refractivity contribution in [1.82, 2.24) is 0 Å². The van der Waals surface area contributed by atoms with Crippen LogP contribution in [0.15, 0.2) is 0 Å². The first-order valence-corrected chi connectivity index (χ1v) is 2.15. The van der Waals surface area contributed by atoms with Gasteiger partial charge in [-0.25, -0.2) is 0 Å². The zero-order chi connectivity index (χ0) is 5.86. The molecule has 0 bridgehead atoms. The smallest absolute Gasteiger partial charge is 0.0704 e. The summed E-state index contributed by atoms with van der Waals surface area (Å²) in [5.74, 6) is 0. The molecule has 7 heavy (non-hydrogen) atoms. The van der Waals surface area contributed by atoms with Crippen LogP contribution in [-0.2, 0) is 0 Å². The molecule has 5 N–H and O–H groups in total. The van der Waals surface area contributed by atoms with Crippen molar-refractivity contribution in [2.24, 2.45) is 11.5 Å². The molecule has 2 unspecified atom stereocenters. The number of hydrogen-bond donors (Lipinski definition) is 3. The maximum absolute atomic E-state index is 8.50. The van der Waals surface area contributed by atoms with Crippen molar-refractivity contribution in [2.75, 3.05) is 6.54 Å². The second-order valence-electron chi connectivity index (χ2n) is 1.47. The van der Waals surface area contributed by atoms with Crippen LogP contribution in [0.1, 0.15) is 0 Å². The van der Waals surface area contributed by atoms with E-state index in [0.29, 0.717) is 0 Å². The molecule has 3 heteroatoms. The lowest BCUT2D eigenvalue weighted by Crippen LogP contribution is -2.39. The molecule has 0 aliphatic heterocycles. The molecular weight excluding hydrogens is 92.1 g/mol. The number of rotatable bonds is 2. The monoisotopic (exact) mass is 103 g/mol. The van der Waals surface area contributed by atoms with Crippen molar-refractivity contribution in [1.29, 1.82) is 0 Å².